The van der Waals surface area contributed by atoms with E-state index in [9.17, 15) is 9.18 Å². The molecule has 0 spiro atoms. The van der Waals surface area contributed by atoms with Crippen molar-refractivity contribution in [2.24, 2.45) is 0 Å². The van der Waals surface area contributed by atoms with Crippen molar-refractivity contribution in [3.63, 3.8) is 0 Å². The van der Waals surface area contributed by atoms with Gasteiger partial charge >= 0.3 is 5.97 Å². The zero-order chi connectivity index (χ0) is 12.3. The quantitative estimate of drug-likeness (QED) is 0.901. The molecule has 88 valence electrons. The first-order chi connectivity index (χ1) is 7.33. The highest BCUT2D eigenvalue weighted by atomic mass is 35.5. The van der Waals surface area contributed by atoms with Crippen LogP contribution in [0.4, 0.5) is 4.39 Å². The molecule has 0 aromatic heterocycles. The smallest absolute Gasteiger partial charge is 0.319 e. The van der Waals surface area contributed by atoms with Crippen LogP contribution in [-0.2, 0) is 10.5 Å². The van der Waals surface area contributed by atoms with Crippen molar-refractivity contribution in [1.82, 2.24) is 0 Å². The van der Waals surface area contributed by atoms with Crippen LogP contribution in [0, 0.1) is 5.82 Å². The first-order valence-corrected chi connectivity index (χ1v) is 6.00. The molecule has 1 aromatic carbocycles. The minimum Gasteiger partial charge on any atom is -0.480 e. The number of benzene rings is 1. The van der Waals surface area contributed by atoms with Gasteiger partial charge in [0.2, 0.25) is 0 Å². The molecule has 0 saturated heterocycles. The fourth-order valence-corrected chi connectivity index (χ4v) is 2.16. The molecular formula is C11H12ClFO2S. The van der Waals surface area contributed by atoms with Gasteiger partial charge in [0, 0.05) is 10.8 Å². The SMILES string of the molecule is CC(C)(SCc1ccc(F)cc1Cl)C(=O)O. The van der Waals surface area contributed by atoms with Gasteiger partial charge < -0.3 is 5.11 Å². The number of carbonyl (C=O) groups is 1. The lowest BCUT2D eigenvalue weighted by Crippen LogP contribution is -2.27. The zero-order valence-corrected chi connectivity index (χ0v) is 10.5. The lowest BCUT2D eigenvalue weighted by atomic mass is 10.2. The molecule has 16 heavy (non-hydrogen) atoms. The summed E-state index contributed by atoms with van der Waals surface area (Å²) in [7, 11) is 0. The Bertz CT molecular complexity index is 407. The minimum atomic E-state index is -0.879. The summed E-state index contributed by atoms with van der Waals surface area (Å²) < 4.78 is 11.9. The number of aliphatic carboxylic acids is 1. The second-order valence-electron chi connectivity index (χ2n) is 3.84. The molecule has 1 rings (SSSR count). The van der Waals surface area contributed by atoms with Gasteiger partial charge in [0.15, 0.2) is 0 Å². The molecule has 0 aliphatic heterocycles. The first kappa shape index (κ1) is 13.3. The molecule has 1 N–H and O–H groups in total. The molecule has 0 radical (unpaired) electrons. The van der Waals surface area contributed by atoms with E-state index in [1.807, 2.05) is 0 Å². The molecular weight excluding hydrogens is 251 g/mol. The van der Waals surface area contributed by atoms with Crippen LogP contribution in [0.1, 0.15) is 19.4 Å². The molecule has 0 bridgehead atoms. The highest BCUT2D eigenvalue weighted by Crippen LogP contribution is 2.30. The monoisotopic (exact) mass is 262 g/mol. The summed E-state index contributed by atoms with van der Waals surface area (Å²) in [5.41, 5.74) is 0.738. The van der Waals surface area contributed by atoms with Crippen molar-refractivity contribution in [1.29, 1.82) is 0 Å². The Labute approximate surface area is 103 Å². The molecule has 0 amide bonds. The highest BCUT2D eigenvalue weighted by molar-refractivity contribution is 8.00. The first-order valence-electron chi connectivity index (χ1n) is 4.64. The van der Waals surface area contributed by atoms with Gasteiger partial charge in [0.25, 0.3) is 0 Å². The lowest BCUT2D eigenvalue weighted by molar-refractivity contribution is -0.138. The molecule has 0 atom stereocenters. The molecule has 0 saturated carbocycles. The highest BCUT2D eigenvalue weighted by Gasteiger charge is 2.27. The molecule has 0 unspecified atom stereocenters. The number of carboxylic acids is 1. The van der Waals surface area contributed by atoms with Crippen LogP contribution in [0.15, 0.2) is 18.2 Å². The van der Waals surface area contributed by atoms with E-state index < -0.39 is 16.5 Å². The van der Waals surface area contributed by atoms with Gasteiger partial charge in [-0.2, -0.15) is 0 Å². The number of thioether (sulfide) groups is 1. The number of hydrogen-bond acceptors (Lipinski definition) is 2. The van der Waals surface area contributed by atoms with Gasteiger partial charge in [0.1, 0.15) is 10.6 Å². The number of halogens is 2. The van der Waals surface area contributed by atoms with E-state index >= 15 is 0 Å². The Morgan fingerprint density at radius 2 is 2.19 bits per heavy atom. The van der Waals surface area contributed by atoms with Crippen LogP contribution in [-0.4, -0.2) is 15.8 Å². The van der Waals surface area contributed by atoms with Crippen LogP contribution in [0.2, 0.25) is 5.02 Å². The molecule has 0 heterocycles. The Hall–Kier alpha value is -0.740. The predicted octanol–water partition coefficient (Wildman–Crippen LogP) is 3.58. The summed E-state index contributed by atoms with van der Waals surface area (Å²) in [5, 5.41) is 9.25. The Morgan fingerprint density at radius 3 is 2.69 bits per heavy atom. The molecule has 1 aromatic rings. The van der Waals surface area contributed by atoms with Gasteiger partial charge in [-0.1, -0.05) is 17.7 Å². The average molecular weight is 263 g/mol. The summed E-state index contributed by atoms with van der Waals surface area (Å²) >= 11 is 7.09. The van der Waals surface area contributed by atoms with E-state index in [1.54, 1.807) is 19.9 Å². The molecule has 0 fully saturated rings. The average Bonchev–Trinajstić information content (AvgIpc) is 2.16. The van der Waals surface area contributed by atoms with Crippen LogP contribution in [0.5, 0.6) is 0 Å². The second kappa shape index (κ2) is 5.06. The Kier molecular flexibility index (Phi) is 4.21. The van der Waals surface area contributed by atoms with E-state index in [4.69, 9.17) is 16.7 Å². The second-order valence-corrected chi connectivity index (χ2v) is 5.85. The van der Waals surface area contributed by atoms with E-state index in [-0.39, 0.29) is 0 Å². The van der Waals surface area contributed by atoms with Crippen molar-refractivity contribution in [2.75, 3.05) is 0 Å². The fourth-order valence-electron chi connectivity index (χ4n) is 0.959. The topological polar surface area (TPSA) is 37.3 Å². The summed E-state index contributed by atoms with van der Waals surface area (Å²) in [4.78, 5) is 10.9. The Balaban J connectivity index is 2.72. The third-order valence-electron chi connectivity index (χ3n) is 2.12. The summed E-state index contributed by atoms with van der Waals surface area (Å²) in [6.45, 7) is 3.24. The van der Waals surface area contributed by atoms with Crippen molar-refractivity contribution < 1.29 is 14.3 Å². The van der Waals surface area contributed by atoms with Gasteiger partial charge in [-0.05, 0) is 31.5 Å². The minimum absolute atomic E-state index is 0.327. The van der Waals surface area contributed by atoms with Crippen LogP contribution >= 0.6 is 23.4 Å². The molecule has 0 aliphatic carbocycles. The lowest BCUT2D eigenvalue weighted by Gasteiger charge is -2.18. The van der Waals surface area contributed by atoms with E-state index in [0.29, 0.717) is 10.8 Å². The number of hydrogen-bond donors (Lipinski definition) is 1. The van der Waals surface area contributed by atoms with Gasteiger partial charge in [0.05, 0.1) is 0 Å². The molecule has 0 aliphatic rings. The van der Waals surface area contributed by atoms with Gasteiger partial charge in [-0.15, -0.1) is 11.8 Å². The van der Waals surface area contributed by atoms with Gasteiger partial charge in [-0.3, -0.25) is 4.79 Å². The fraction of sp³-hybridized carbons (Fsp3) is 0.364. The van der Waals surface area contributed by atoms with Crippen molar-refractivity contribution >= 4 is 29.3 Å². The summed E-state index contributed by atoms with van der Waals surface area (Å²) in [6.07, 6.45) is 0. The normalized spacial score (nSPS) is 11.5. The maximum absolute atomic E-state index is 12.8. The third-order valence-corrected chi connectivity index (χ3v) is 3.82. The maximum Gasteiger partial charge on any atom is 0.319 e. The number of carboxylic acid groups (broad SMARTS) is 1. The predicted molar refractivity (Wildman–Crippen MR) is 64.4 cm³/mol. The molecule has 2 nitrogen and oxygen atoms in total. The van der Waals surface area contributed by atoms with Crippen molar-refractivity contribution in [3.05, 3.63) is 34.6 Å². The van der Waals surface area contributed by atoms with Crippen LogP contribution in [0.3, 0.4) is 0 Å². The van der Waals surface area contributed by atoms with Crippen LogP contribution in [0.25, 0.3) is 0 Å². The zero-order valence-electron chi connectivity index (χ0n) is 8.96. The summed E-state index contributed by atoms with van der Waals surface area (Å²) in [5.74, 6) is -0.828. The van der Waals surface area contributed by atoms with E-state index in [0.717, 1.165) is 5.56 Å². The van der Waals surface area contributed by atoms with Crippen molar-refractivity contribution in [2.45, 2.75) is 24.3 Å². The largest absolute Gasteiger partial charge is 0.480 e. The third kappa shape index (κ3) is 3.39. The standard InChI is InChI=1S/C11H12ClFO2S/c1-11(2,10(14)15)16-6-7-3-4-8(13)5-9(7)12/h3-5H,6H2,1-2H3,(H,14,15). The Morgan fingerprint density at radius 1 is 1.56 bits per heavy atom. The van der Waals surface area contributed by atoms with Crippen molar-refractivity contribution in [3.8, 4) is 0 Å². The number of rotatable bonds is 4. The maximum atomic E-state index is 12.8. The summed E-state index contributed by atoms with van der Waals surface area (Å²) in [6, 6.07) is 4.11. The van der Waals surface area contributed by atoms with Crippen LogP contribution < -0.4 is 0 Å². The van der Waals surface area contributed by atoms with E-state index in [2.05, 4.69) is 0 Å². The molecule has 5 heteroatoms. The van der Waals surface area contributed by atoms with Gasteiger partial charge in [-0.25, -0.2) is 4.39 Å². The van der Waals surface area contributed by atoms with E-state index in [1.165, 1.54) is 23.9 Å².